The number of carbonyl (C=O) groups excluding carboxylic acids is 1. The molecule has 4 rings (SSSR count). The zero-order valence-electron chi connectivity index (χ0n) is 13.9. The SMILES string of the molecule is Cn1cc(Nc2nccc(C3CCN(C(=O)C4CC4)CC3)n2)cn1. The predicted molar refractivity (Wildman–Crippen MR) is 89.8 cm³/mol. The minimum Gasteiger partial charge on any atom is -0.342 e. The first-order valence-corrected chi connectivity index (χ1v) is 8.56. The van der Waals surface area contributed by atoms with Crippen molar-refractivity contribution in [3.8, 4) is 0 Å². The number of aromatic nitrogens is 4. The highest BCUT2D eigenvalue weighted by Crippen LogP contribution is 2.34. The molecule has 2 aliphatic rings. The third-order valence-corrected chi connectivity index (χ3v) is 4.79. The molecule has 1 saturated carbocycles. The maximum Gasteiger partial charge on any atom is 0.227 e. The van der Waals surface area contributed by atoms with E-state index in [1.54, 1.807) is 17.1 Å². The van der Waals surface area contributed by atoms with Crippen LogP contribution in [-0.2, 0) is 11.8 Å². The molecule has 24 heavy (non-hydrogen) atoms. The first kappa shape index (κ1) is 15.1. The van der Waals surface area contributed by atoms with E-state index in [-0.39, 0.29) is 0 Å². The molecule has 7 nitrogen and oxygen atoms in total. The normalized spacial score (nSPS) is 18.6. The van der Waals surface area contributed by atoms with Gasteiger partial charge in [-0.3, -0.25) is 9.48 Å². The molecule has 1 aliphatic carbocycles. The van der Waals surface area contributed by atoms with Crippen LogP contribution in [0.2, 0.25) is 0 Å². The fourth-order valence-electron chi connectivity index (χ4n) is 3.26. The smallest absolute Gasteiger partial charge is 0.227 e. The molecule has 7 heteroatoms. The Labute approximate surface area is 141 Å². The van der Waals surface area contributed by atoms with Crippen molar-refractivity contribution in [1.29, 1.82) is 0 Å². The molecule has 0 bridgehead atoms. The summed E-state index contributed by atoms with van der Waals surface area (Å²) < 4.78 is 1.73. The van der Waals surface area contributed by atoms with Gasteiger partial charge in [0.25, 0.3) is 0 Å². The summed E-state index contributed by atoms with van der Waals surface area (Å²) in [6, 6.07) is 1.98. The summed E-state index contributed by atoms with van der Waals surface area (Å²) in [7, 11) is 1.87. The highest BCUT2D eigenvalue weighted by atomic mass is 16.2. The van der Waals surface area contributed by atoms with Gasteiger partial charge >= 0.3 is 0 Å². The van der Waals surface area contributed by atoms with Crippen LogP contribution in [0.3, 0.4) is 0 Å². The van der Waals surface area contributed by atoms with Crippen LogP contribution in [0.15, 0.2) is 24.7 Å². The van der Waals surface area contributed by atoms with Crippen LogP contribution in [0.25, 0.3) is 0 Å². The standard InChI is InChI=1S/C17H22N6O/c1-22-11-14(10-19-22)20-17-18-7-4-15(21-17)12-5-8-23(9-6-12)16(24)13-2-3-13/h4,7,10-13H,2-3,5-6,8-9H2,1H3,(H,18,20,21). The Morgan fingerprint density at radius 1 is 1.25 bits per heavy atom. The minimum absolute atomic E-state index is 0.316. The average molecular weight is 326 g/mol. The third kappa shape index (κ3) is 3.25. The van der Waals surface area contributed by atoms with Crippen molar-refractivity contribution >= 4 is 17.5 Å². The van der Waals surface area contributed by atoms with Gasteiger partial charge < -0.3 is 10.2 Å². The fraction of sp³-hybridized carbons (Fsp3) is 0.529. The Balaban J connectivity index is 1.39. The number of nitrogens with zero attached hydrogens (tertiary/aromatic N) is 5. The Morgan fingerprint density at radius 3 is 2.71 bits per heavy atom. The molecule has 0 spiro atoms. The molecule has 0 atom stereocenters. The van der Waals surface area contributed by atoms with Crippen LogP contribution < -0.4 is 5.32 Å². The van der Waals surface area contributed by atoms with E-state index in [1.807, 2.05) is 24.2 Å². The maximum absolute atomic E-state index is 12.1. The largest absolute Gasteiger partial charge is 0.342 e. The first-order chi connectivity index (χ1) is 11.7. The van der Waals surface area contributed by atoms with Crippen molar-refractivity contribution in [2.75, 3.05) is 18.4 Å². The van der Waals surface area contributed by atoms with Crippen molar-refractivity contribution in [1.82, 2.24) is 24.6 Å². The van der Waals surface area contributed by atoms with Crippen molar-refractivity contribution in [3.63, 3.8) is 0 Å². The van der Waals surface area contributed by atoms with Gasteiger partial charge in [0.1, 0.15) is 0 Å². The number of hydrogen-bond acceptors (Lipinski definition) is 5. The second-order valence-corrected chi connectivity index (χ2v) is 6.71. The van der Waals surface area contributed by atoms with Crippen LogP contribution in [0, 0.1) is 5.92 Å². The van der Waals surface area contributed by atoms with E-state index in [0.29, 0.717) is 23.7 Å². The van der Waals surface area contributed by atoms with Crippen LogP contribution in [-0.4, -0.2) is 43.6 Å². The Bertz CT molecular complexity index is 730. The van der Waals surface area contributed by atoms with Crippen LogP contribution in [0.5, 0.6) is 0 Å². The summed E-state index contributed by atoms with van der Waals surface area (Å²) in [6.45, 7) is 1.69. The summed E-state index contributed by atoms with van der Waals surface area (Å²) in [4.78, 5) is 23.1. The van der Waals surface area contributed by atoms with Crippen molar-refractivity contribution in [3.05, 3.63) is 30.4 Å². The van der Waals surface area contributed by atoms with E-state index in [4.69, 9.17) is 0 Å². The van der Waals surface area contributed by atoms with Gasteiger partial charge in [-0.2, -0.15) is 5.10 Å². The number of piperidine rings is 1. The van der Waals surface area contributed by atoms with Crippen LogP contribution >= 0.6 is 0 Å². The second-order valence-electron chi connectivity index (χ2n) is 6.71. The van der Waals surface area contributed by atoms with E-state index in [1.165, 1.54) is 0 Å². The van der Waals surface area contributed by atoms with Crippen LogP contribution in [0.1, 0.15) is 37.3 Å². The molecule has 1 N–H and O–H groups in total. The highest BCUT2D eigenvalue weighted by molar-refractivity contribution is 5.81. The Kier molecular flexibility index (Phi) is 3.92. The van der Waals surface area contributed by atoms with E-state index in [9.17, 15) is 4.79 Å². The lowest BCUT2D eigenvalue weighted by atomic mass is 9.93. The number of anilines is 2. The van der Waals surface area contributed by atoms with E-state index >= 15 is 0 Å². The van der Waals surface area contributed by atoms with Gasteiger partial charge in [0.2, 0.25) is 11.9 Å². The lowest BCUT2D eigenvalue weighted by Crippen LogP contribution is -2.38. The maximum atomic E-state index is 12.1. The molecule has 0 radical (unpaired) electrons. The average Bonchev–Trinajstić information content (AvgIpc) is 3.38. The summed E-state index contributed by atoms with van der Waals surface area (Å²) in [5, 5.41) is 7.31. The number of carbonyl (C=O) groups is 1. The third-order valence-electron chi connectivity index (χ3n) is 4.79. The molecular weight excluding hydrogens is 304 g/mol. The number of rotatable bonds is 4. The number of nitrogens with one attached hydrogen (secondary N) is 1. The van der Waals surface area contributed by atoms with E-state index in [2.05, 4.69) is 20.4 Å². The summed E-state index contributed by atoms with van der Waals surface area (Å²) in [5.41, 5.74) is 1.93. The number of amides is 1. The molecule has 2 aromatic heterocycles. The molecule has 1 aliphatic heterocycles. The predicted octanol–water partition coefficient (Wildman–Crippen LogP) is 2.07. The van der Waals surface area contributed by atoms with Gasteiger partial charge in [-0.1, -0.05) is 0 Å². The molecule has 1 amide bonds. The number of likely N-dealkylation sites (tertiary alicyclic amines) is 1. The monoisotopic (exact) mass is 326 g/mol. The molecule has 2 fully saturated rings. The number of aryl methyl sites for hydroxylation is 1. The first-order valence-electron chi connectivity index (χ1n) is 8.56. The van der Waals surface area contributed by atoms with E-state index < -0.39 is 0 Å². The lowest BCUT2D eigenvalue weighted by Gasteiger charge is -2.32. The fourth-order valence-corrected chi connectivity index (χ4v) is 3.26. The highest BCUT2D eigenvalue weighted by Gasteiger charge is 2.35. The van der Waals surface area contributed by atoms with Gasteiger partial charge in [0.05, 0.1) is 11.9 Å². The molecule has 2 aromatic rings. The van der Waals surface area contributed by atoms with Gasteiger partial charge in [-0.15, -0.1) is 0 Å². The van der Waals surface area contributed by atoms with Crippen LogP contribution in [0.4, 0.5) is 11.6 Å². The quantitative estimate of drug-likeness (QED) is 0.931. The Morgan fingerprint density at radius 2 is 2.04 bits per heavy atom. The summed E-state index contributed by atoms with van der Waals surface area (Å²) in [6.07, 6.45) is 9.53. The lowest BCUT2D eigenvalue weighted by molar-refractivity contribution is -0.133. The molecule has 0 aromatic carbocycles. The van der Waals surface area contributed by atoms with Gasteiger partial charge in [0, 0.05) is 50.1 Å². The van der Waals surface area contributed by atoms with Gasteiger partial charge in [0.15, 0.2) is 0 Å². The van der Waals surface area contributed by atoms with E-state index in [0.717, 1.165) is 50.2 Å². The second kappa shape index (κ2) is 6.22. The topological polar surface area (TPSA) is 75.9 Å². The van der Waals surface area contributed by atoms with Crippen molar-refractivity contribution in [2.24, 2.45) is 13.0 Å². The van der Waals surface area contributed by atoms with Crippen molar-refractivity contribution in [2.45, 2.75) is 31.6 Å². The molecule has 3 heterocycles. The summed E-state index contributed by atoms with van der Waals surface area (Å²) >= 11 is 0. The molecule has 0 unspecified atom stereocenters. The van der Waals surface area contributed by atoms with Gasteiger partial charge in [-0.25, -0.2) is 9.97 Å². The zero-order chi connectivity index (χ0) is 16.5. The summed E-state index contributed by atoms with van der Waals surface area (Å²) in [5.74, 6) is 1.66. The Hall–Kier alpha value is -2.44. The van der Waals surface area contributed by atoms with Gasteiger partial charge in [-0.05, 0) is 31.7 Å². The minimum atomic E-state index is 0.316. The zero-order valence-corrected chi connectivity index (χ0v) is 13.9. The molecule has 1 saturated heterocycles. The molecular formula is C17H22N6O. The van der Waals surface area contributed by atoms with Crippen molar-refractivity contribution < 1.29 is 4.79 Å². The molecule has 126 valence electrons. The number of hydrogen-bond donors (Lipinski definition) is 1.